The molecule has 238 valence electrons. The lowest BCUT2D eigenvalue weighted by Crippen LogP contribution is -2.43. The van der Waals surface area contributed by atoms with E-state index >= 15 is 0 Å². The quantitative estimate of drug-likeness (QED) is 0.164. The Bertz CT molecular complexity index is 1260. The van der Waals surface area contributed by atoms with Crippen LogP contribution in [0.2, 0.25) is 18.1 Å². The number of benzene rings is 2. The zero-order valence-corrected chi connectivity index (χ0v) is 26.4. The van der Waals surface area contributed by atoms with Crippen LogP contribution in [0.5, 0.6) is 0 Å². The molecule has 4 unspecified atom stereocenters. The Labute approximate surface area is 250 Å². The molecule has 2 nitrogen and oxygen atoms in total. The van der Waals surface area contributed by atoms with Gasteiger partial charge in [0.2, 0.25) is 0 Å². The molecule has 2 aliphatic carbocycles. The molecule has 2 aliphatic rings. The fourth-order valence-corrected chi connectivity index (χ4v) is 7.54. The second-order valence-electron chi connectivity index (χ2n) is 13.7. The molecule has 2 aromatic carbocycles. The lowest BCUT2D eigenvalue weighted by Gasteiger charge is -2.42. The molecule has 0 radical (unpaired) electrons. The highest BCUT2D eigenvalue weighted by atomic mass is 28.4. The summed E-state index contributed by atoms with van der Waals surface area (Å²) in [5.41, 5.74) is -3.29. The topological polar surface area (TPSA) is 18.5 Å². The van der Waals surface area contributed by atoms with Crippen LogP contribution in [0.15, 0.2) is 49.0 Å². The standard InChI is InChI=1S/C33H41F7O2Si/c1-21(24-17-26(32(35,36)37)19-27(18-24)33(38,39)40)42-31(15-7-8-29(31)23-10-13-28(34)14-11-23)25-12-9-22(16-25)20-41-43(5,6)30(2,3)4/h10-11,13-14,17-19,22,25,29H,1,7-9,12,15-16,20H2,2-6H3. The third kappa shape index (κ3) is 7.32. The first-order valence-electron chi connectivity index (χ1n) is 14.8. The van der Waals surface area contributed by atoms with Crippen LogP contribution in [0.25, 0.3) is 5.76 Å². The average Bonchev–Trinajstić information content (AvgIpc) is 3.54. The summed E-state index contributed by atoms with van der Waals surface area (Å²) in [5.74, 6) is -0.658. The molecular weight excluding hydrogens is 589 g/mol. The van der Waals surface area contributed by atoms with Crippen molar-refractivity contribution >= 4 is 14.1 Å². The molecule has 2 saturated carbocycles. The van der Waals surface area contributed by atoms with Gasteiger partial charge in [-0.15, -0.1) is 0 Å². The maximum Gasteiger partial charge on any atom is 0.416 e. The molecular formula is C33H41F7O2Si. The van der Waals surface area contributed by atoms with Crippen LogP contribution >= 0.6 is 0 Å². The monoisotopic (exact) mass is 630 g/mol. The lowest BCUT2D eigenvalue weighted by atomic mass is 9.74. The van der Waals surface area contributed by atoms with Crippen molar-refractivity contribution in [3.8, 4) is 0 Å². The fraction of sp³-hybridized carbons (Fsp3) is 0.576. The van der Waals surface area contributed by atoms with Gasteiger partial charge in [0.1, 0.15) is 17.2 Å². The Kier molecular flexibility index (Phi) is 9.27. The predicted octanol–water partition coefficient (Wildman–Crippen LogP) is 11.0. The second kappa shape index (κ2) is 11.9. The molecule has 0 aromatic heterocycles. The van der Waals surface area contributed by atoms with Gasteiger partial charge in [0.15, 0.2) is 8.32 Å². The van der Waals surface area contributed by atoms with Gasteiger partial charge in [-0.3, -0.25) is 0 Å². The smallest absolute Gasteiger partial charge is 0.416 e. The Morgan fingerprint density at radius 3 is 2.02 bits per heavy atom. The minimum Gasteiger partial charge on any atom is -0.486 e. The van der Waals surface area contributed by atoms with E-state index in [1.54, 1.807) is 12.1 Å². The van der Waals surface area contributed by atoms with E-state index in [1.807, 2.05) is 0 Å². The van der Waals surface area contributed by atoms with Crippen LogP contribution in [0.4, 0.5) is 30.7 Å². The van der Waals surface area contributed by atoms with Crippen LogP contribution in [-0.2, 0) is 21.5 Å². The van der Waals surface area contributed by atoms with Gasteiger partial charge < -0.3 is 9.16 Å². The van der Waals surface area contributed by atoms with E-state index in [-0.39, 0.29) is 40.2 Å². The first kappa shape index (κ1) is 33.6. The van der Waals surface area contributed by atoms with E-state index in [0.717, 1.165) is 31.2 Å². The normalized spacial score (nSPS) is 25.3. The molecule has 2 fully saturated rings. The van der Waals surface area contributed by atoms with Crippen LogP contribution < -0.4 is 0 Å². The van der Waals surface area contributed by atoms with Crippen LogP contribution in [0.1, 0.15) is 87.5 Å². The number of hydrogen-bond donors (Lipinski definition) is 0. The summed E-state index contributed by atoms with van der Waals surface area (Å²) < 4.78 is 109. The van der Waals surface area contributed by atoms with Crippen molar-refractivity contribution < 1.29 is 39.9 Å². The maximum atomic E-state index is 13.8. The Morgan fingerprint density at radius 2 is 1.49 bits per heavy atom. The summed E-state index contributed by atoms with van der Waals surface area (Å²) in [4.78, 5) is 0. The molecule has 0 saturated heterocycles. The molecule has 0 N–H and O–H groups in total. The van der Waals surface area contributed by atoms with Gasteiger partial charge in [0.05, 0.1) is 11.1 Å². The number of rotatable bonds is 8. The average molecular weight is 631 g/mol. The highest BCUT2D eigenvalue weighted by molar-refractivity contribution is 6.74. The first-order valence-corrected chi connectivity index (χ1v) is 17.7. The third-order valence-electron chi connectivity index (χ3n) is 9.86. The molecule has 4 atom stereocenters. The summed E-state index contributed by atoms with van der Waals surface area (Å²) in [6.07, 6.45) is -5.59. The Hall–Kier alpha value is -2.33. The zero-order valence-electron chi connectivity index (χ0n) is 25.4. The zero-order chi connectivity index (χ0) is 32.0. The van der Waals surface area contributed by atoms with Gasteiger partial charge >= 0.3 is 12.4 Å². The van der Waals surface area contributed by atoms with Crippen LogP contribution in [-0.4, -0.2) is 20.5 Å². The van der Waals surface area contributed by atoms with Gasteiger partial charge in [-0.05, 0) is 104 Å². The maximum absolute atomic E-state index is 13.8. The van der Waals surface area contributed by atoms with Crippen molar-refractivity contribution in [1.29, 1.82) is 0 Å². The van der Waals surface area contributed by atoms with Gasteiger partial charge in [-0.2, -0.15) is 26.3 Å². The Morgan fingerprint density at radius 1 is 0.907 bits per heavy atom. The molecule has 2 aromatic rings. The van der Waals surface area contributed by atoms with E-state index < -0.39 is 43.2 Å². The highest BCUT2D eigenvalue weighted by Crippen LogP contribution is 2.56. The molecule has 43 heavy (non-hydrogen) atoms. The van der Waals surface area contributed by atoms with Crippen LogP contribution in [0.3, 0.4) is 0 Å². The first-order chi connectivity index (χ1) is 19.7. The summed E-state index contributed by atoms with van der Waals surface area (Å²) in [6.45, 7) is 15.4. The van der Waals surface area contributed by atoms with Crippen molar-refractivity contribution in [2.75, 3.05) is 6.61 Å². The number of ether oxygens (including phenoxy) is 1. The van der Waals surface area contributed by atoms with Crippen molar-refractivity contribution in [1.82, 2.24) is 0 Å². The van der Waals surface area contributed by atoms with Crippen molar-refractivity contribution in [2.24, 2.45) is 11.8 Å². The lowest BCUT2D eigenvalue weighted by molar-refractivity contribution is -0.143. The van der Waals surface area contributed by atoms with Gasteiger partial charge in [0.25, 0.3) is 0 Å². The molecule has 0 spiro atoms. The predicted molar refractivity (Wildman–Crippen MR) is 156 cm³/mol. The minimum absolute atomic E-state index is 0.0392. The second-order valence-corrected chi connectivity index (χ2v) is 18.5. The van der Waals surface area contributed by atoms with Gasteiger partial charge in [0, 0.05) is 18.1 Å². The van der Waals surface area contributed by atoms with Gasteiger partial charge in [-0.25, -0.2) is 4.39 Å². The Balaban J connectivity index is 1.68. The van der Waals surface area contributed by atoms with Crippen LogP contribution in [0, 0.1) is 17.7 Å². The molecule has 10 heteroatoms. The summed E-state index contributed by atoms with van der Waals surface area (Å²) in [6, 6.07) is 7.53. The molecule has 0 aliphatic heterocycles. The number of halogens is 7. The fourth-order valence-electron chi connectivity index (χ4n) is 6.46. The highest BCUT2D eigenvalue weighted by Gasteiger charge is 2.54. The SMILES string of the molecule is C=C(OC1(C2CCC(CO[Si](C)(C)C(C)(C)C)C2)CCCC1c1ccc(F)cc1)c1cc(C(F)(F)F)cc(C(F)(F)F)c1. The van der Waals surface area contributed by atoms with E-state index in [9.17, 15) is 30.7 Å². The number of hydrogen-bond acceptors (Lipinski definition) is 2. The molecule has 0 amide bonds. The van der Waals surface area contributed by atoms with Crippen molar-refractivity contribution in [2.45, 2.75) is 101 Å². The molecule has 4 rings (SSSR count). The van der Waals surface area contributed by atoms with E-state index in [0.29, 0.717) is 31.6 Å². The van der Waals surface area contributed by atoms with E-state index in [4.69, 9.17) is 9.16 Å². The summed E-state index contributed by atoms with van der Waals surface area (Å²) in [7, 11) is -1.99. The van der Waals surface area contributed by atoms with Crippen molar-refractivity contribution in [3.63, 3.8) is 0 Å². The van der Waals surface area contributed by atoms with Crippen molar-refractivity contribution in [3.05, 3.63) is 77.1 Å². The molecule has 0 bridgehead atoms. The van der Waals surface area contributed by atoms with E-state index in [1.165, 1.54) is 12.1 Å². The molecule has 0 heterocycles. The third-order valence-corrected chi connectivity index (χ3v) is 14.4. The van der Waals surface area contributed by atoms with E-state index in [2.05, 4.69) is 40.4 Å². The van der Waals surface area contributed by atoms with Gasteiger partial charge in [-0.1, -0.05) is 39.5 Å². The summed E-state index contributed by atoms with van der Waals surface area (Å²) in [5, 5.41) is 0.0480. The largest absolute Gasteiger partial charge is 0.486 e. The minimum atomic E-state index is -4.99. The summed E-state index contributed by atoms with van der Waals surface area (Å²) >= 11 is 0. The number of alkyl halides is 6.